The standard InChI is InChI=1S/C18H29NO2Si/c1-14-9-10-15(13-19-11-7-8-17(19)20)12-16(14)21-22(5,6)18(2,3)4/h9-10,12H,7-8,11,13H2,1-6H3. The second kappa shape index (κ2) is 6.07. The number of hydrogen-bond donors (Lipinski definition) is 0. The second-order valence-corrected chi connectivity index (χ2v) is 12.6. The van der Waals surface area contributed by atoms with Gasteiger partial charge in [0.1, 0.15) is 5.75 Å². The van der Waals surface area contributed by atoms with Crippen molar-refractivity contribution in [3.63, 3.8) is 0 Å². The number of aryl methyl sites for hydroxylation is 1. The Morgan fingerprint density at radius 3 is 2.50 bits per heavy atom. The van der Waals surface area contributed by atoms with Crippen molar-refractivity contribution in [1.29, 1.82) is 0 Å². The molecule has 2 rings (SSSR count). The maximum absolute atomic E-state index is 11.8. The van der Waals surface area contributed by atoms with Crippen molar-refractivity contribution in [2.75, 3.05) is 6.54 Å². The molecule has 1 saturated heterocycles. The van der Waals surface area contributed by atoms with Gasteiger partial charge in [-0.3, -0.25) is 4.79 Å². The Morgan fingerprint density at radius 1 is 1.27 bits per heavy atom. The Kier molecular flexibility index (Phi) is 4.71. The highest BCUT2D eigenvalue weighted by molar-refractivity contribution is 6.74. The average Bonchev–Trinajstić information content (AvgIpc) is 2.77. The minimum atomic E-state index is -1.84. The maximum Gasteiger partial charge on any atom is 0.250 e. The van der Waals surface area contributed by atoms with Gasteiger partial charge in [-0.25, -0.2) is 0 Å². The van der Waals surface area contributed by atoms with E-state index in [1.165, 1.54) is 5.56 Å². The van der Waals surface area contributed by atoms with Crippen LogP contribution in [0.2, 0.25) is 18.1 Å². The van der Waals surface area contributed by atoms with E-state index in [0.717, 1.165) is 24.3 Å². The van der Waals surface area contributed by atoms with Gasteiger partial charge >= 0.3 is 0 Å². The van der Waals surface area contributed by atoms with Crippen LogP contribution in [-0.4, -0.2) is 25.7 Å². The molecule has 0 saturated carbocycles. The van der Waals surface area contributed by atoms with Gasteiger partial charge in [0.05, 0.1) is 0 Å². The van der Waals surface area contributed by atoms with Gasteiger partial charge in [0, 0.05) is 19.5 Å². The van der Waals surface area contributed by atoms with E-state index in [1.807, 2.05) is 4.90 Å². The molecule has 0 radical (unpaired) electrons. The first-order valence-corrected chi connectivity index (χ1v) is 11.1. The summed E-state index contributed by atoms with van der Waals surface area (Å²) >= 11 is 0. The monoisotopic (exact) mass is 319 g/mol. The van der Waals surface area contributed by atoms with Crippen molar-refractivity contribution >= 4 is 14.2 Å². The van der Waals surface area contributed by atoms with Crippen LogP contribution in [0.3, 0.4) is 0 Å². The number of benzene rings is 1. The molecule has 1 heterocycles. The number of nitrogens with zero attached hydrogens (tertiary/aromatic N) is 1. The van der Waals surface area contributed by atoms with E-state index in [2.05, 4.69) is 59.0 Å². The molecular weight excluding hydrogens is 290 g/mol. The lowest BCUT2D eigenvalue weighted by Gasteiger charge is -2.37. The first kappa shape index (κ1) is 17.1. The van der Waals surface area contributed by atoms with Crippen LogP contribution in [0.15, 0.2) is 18.2 Å². The lowest BCUT2D eigenvalue weighted by atomic mass is 10.1. The van der Waals surface area contributed by atoms with Gasteiger partial charge in [-0.15, -0.1) is 0 Å². The van der Waals surface area contributed by atoms with Gasteiger partial charge in [-0.05, 0) is 48.7 Å². The van der Waals surface area contributed by atoms with Crippen molar-refractivity contribution in [3.05, 3.63) is 29.3 Å². The molecule has 0 unspecified atom stereocenters. The molecule has 4 heteroatoms. The Hall–Kier alpha value is -1.29. The first-order valence-electron chi connectivity index (χ1n) is 8.16. The highest BCUT2D eigenvalue weighted by Gasteiger charge is 2.39. The third kappa shape index (κ3) is 3.72. The van der Waals surface area contributed by atoms with Gasteiger partial charge < -0.3 is 9.33 Å². The van der Waals surface area contributed by atoms with Crippen molar-refractivity contribution in [1.82, 2.24) is 4.90 Å². The van der Waals surface area contributed by atoms with Crippen LogP contribution >= 0.6 is 0 Å². The summed E-state index contributed by atoms with van der Waals surface area (Å²) in [6.45, 7) is 15.0. The Morgan fingerprint density at radius 2 is 1.95 bits per heavy atom. The molecule has 1 amide bonds. The minimum Gasteiger partial charge on any atom is -0.543 e. The SMILES string of the molecule is Cc1ccc(CN2CCCC2=O)cc1O[Si](C)(C)C(C)(C)C. The molecule has 122 valence electrons. The van der Waals surface area contributed by atoms with Gasteiger partial charge in [0.2, 0.25) is 14.2 Å². The molecule has 3 nitrogen and oxygen atoms in total. The molecule has 1 aromatic rings. The molecule has 0 spiro atoms. The van der Waals surface area contributed by atoms with E-state index < -0.39 is 8.32 Å². The number of hydrogen-bond acceptors (Lipinski definition) is 2. The minimum absolute atomic E-state index is 0.181. The zero-order valence-electron chi connectivity index (χ0n) is 14.8. The van der Waals surface area contributed by atoms with Gasteiger partial charge in [-0.1, -0.05) is 32.9 Å². The third-order valence-electron chi connectivity index (χ3n) is 4.97. The van der Waals surface area contributed by atoms with Crippen molar-refractivity contribution in [3.8, 4) is 5.75 Å². The summed E-state index contributed by atoms with van der Waals surface area (Å²) in [6.07, 6.45) is 1.68. The molecular formula is C18H29NO2Si. The highest BCUT2D eigenvalue weighted by Crippen LogP contribution is 2.38. The third-order valence-corrected chi connectivity index (χ3v) is 9.31. The van der Waals surface area contributed by atoms with Crippen LogP contribution in [0.25, 0.3) is 0 Å². The lowest BCUT2D eigenvalue weighted by Crippen LogP contribution is -2.44. The van der Waals surface area contributed by atoms with Crippen molar-refractivity contribution in [2.45, 2.75) is 65.2 Å². The molecule has 0 bridgehead atoms. The molecule has 0 aromatic heterocycles. The number of rotatable bonds is 4. The summed E-state index contributed by atoms with van der Waals surface area (Å²) in [6, 6.07) is 6.35. The topological polar surface area (TPSA) is 29.5 Å². The van der Waals surface area contributed by atoms with E-state index in [9.17, 15) is 4.79 Å². The Balaban J connectivity index is 2.18. The van der Waals surface area contributed by atoms with Crippen LogP contribution in [0, 0.1) is 6.92 Å². The lowest BCUT2D eigenvalue weighted by molar-refractivity contribution is -0.128. The Labute approximate surface area is 135 Å². The summed E-state index contributed by atoms with van der Waals surface area (Å²) in [5.41, 5.74) is 2.33. The largest absolute Gasteiger partial charge is 0.543 e. The van der Waals surface area contributed by atoms with E-state index in [0.29, 0.717) is 13.0 Å². The predicted octanol–water partition coefficient (Wildman–Crippen LogP) is 4.50. The number of amides is 1. The molecule has 1 aliphatic heterocycles. The van der Waals surface area contributed by atoms with Crippen LogP contribution in [0.5, 0.6) is 5.75 Å². The summed E-state index contributed by atoms with van der Waals surface area (Å²) < 4.78 is 6.46. The van der Waals surface area contributed by atoms with E-state index in [4.69, 9.17) is 4.43 Å². The molecule has 1 aliphatic rings. The Bertz CT molecular complexity index is 561. The molecule has 1 fully saturated rings. The van der Waals surface area contributed by atoms with Gasteiger partial charge in [0.15, 0.2) is 0 Å². The molecule has 1 aromatic carbocycles. The molecule has 0 aliphatic carbocycles. The van der Waals surface area contributed by atoms with Crippen LogP contribution in [-0.2, 0) is 11.3 Å². The smallest absolute Gasteiger partial charge is 0.250 e. The fourth-order valence-corrected chi connectivity index (χ4v) is 3.45. The quantitative estimate of drug-likeness (QED) is 0.765. The average molecular weight is 320 g/mol. The zero-order valence-corrected chi connectivity index (χ0v) is 15.8. The van der Waals surface area contributed by atoms with Crippen LogP contribution in [0.4, 0.5) is 0 Å². The van der Waals surface area contributed by atoms with Crippen molar-refractivity contribution < 1.29 is 9.22 Å². The normalized spacial score (nSPS) is 16.3. The predicted molar refractivity (Wildman–Crippen MR) is 93.7 cm³/mol. The summed E-state index contributed by atoms with van der Waals surface area (Å²) in [5, 5.41) is 0.181. The maximum atomic E-state index is 11.8. The van der Waals surface area contributed by atoms with Crippen LogP contribution < -0.4 is 4.43 Å². The van der Waals surface area contributed by atoms with E-state index in [-0.39, 0.29) is 10.9 Å². The van der Waals surface area contributed by atoms with Gasteiger partial charge in [0.25, 0.3) is 0 Å². The van der Waals surface area contributed by atoms with Crippen LogP contribution in [0.1, 0.15) is 44.7 Å². The highest BCUT2D eigenvalue weighted by atomic mass is 28.4. The fraction of sp³-hybridized carbons (Fsp3) is 0.611. The molecule has 0 atom stereocenters. The summed E-state index contributed by atoms with van der Waals surface area (Å²) in [4.78, 5) is 13.7. The number of carbonyl (C=O) groups is 1. The van der Waals surface area contributed by atoms with E-state index in [1.54, 1.807) is 0 Å². The zero-order chi connectivity index (χ0) is 16.5. The van der Waals surface area contributed by atoms with Crippen molar-refractivity contribution in [2.24, 2.45) is 0 Å². The second-order valence-electron chi connectivity index (χ2n) is 7.88. The van der Waals surface area contributed by atoms with Gasteiger partial charge in [-0.2, -0.15) is 0 Å². The fourth-order valence-electron chi connectivity index (χ4n) is 2.37. The number of carbonyl (C=O) groups excluding carboxylic acids is 1. The summed E-state index contributed by atoms with van der Waals surface area (Å²) in [5.74, 6) is 1.25. The van der Waals surface area contributed by atoms with E-state index >= 15 is 0 Å². The molecule has 22 heavy (non-hydrogen) atoms. The summed E-state index contributed by atoms with van der Waals surface area (Å²) in [7, 11) is -1.84. The first-order chi connectivity index (χ1) is 10.1. The molecule has 0 N–H and O–H groups in total. The number of likely N-dealkylation sites (tertiary alicyclic amines) is 1.